The Kier molecular flexibility index (Phi) is 5.94. The van der Waals surface area contributed by atoms with E-state index in [4.69, 9.17) is 4.74 Å². The highest BCUT2D eigenvalue weighted by atomic mass is 19.1. The molecule has 1 atom stereocenters. The normalized spacial score (nSPS) is 18.1. The highest BCUT2D eigenvalue weighted by Gasteiger charge is 2.36. The third kappa shape index (κ3) is 4.29. The van der Waals surface area contributed by atoms with Crippen LogP contribution in [0.4, 0.5) is 21.7 Å². The molecule has 1 fully saturated rings. The second-order valence-corrected chi connectivity index (χ2v) is 9.25. The van der Waals surface area contributed by atoms with Crippen LogP contribution in [-0.2, 0) is 5.41 Å². The zero-order valence-electron chi connectivity index (χ0n) is 19.9. The molecule has 4 N–H and O–H groups in total. The molecule has 1 amide bonds. The number of anilines is 3. The van der Waals surface area contributed by atoms with Gasteiger partial charge in [-0.1, -0.05) is 6.92 Å². The fourth-order valence-electron chi connectivity index (χ4n) is 4.19. The van der Waals surface area contributed by atoms with Crippen LogP contribution in [0.25, 0.3) is 11.3 Å². The number of carbonyl (C=O) groups is 1. The van der Waals surface area contributed by atoms with Gasteiger partial charge in [-0.3, -0.25) is 4.79 Å². The van der Waals surface area contributed by atoms with Gasteiger partial charge in [0.1, 0.15) is 17.6 Å². The number of nitrogens with zero attached hydrogens (tertiary/aromatic N) is 3. The molecular formula is C26H25FN6O3. The highest BCUT2D eigenvalue weighted by molar-refractivity contribution is 5.96. The minimum Gasteiger partial charge on any atom is -0.488 e. The maximum Gasteiger partial charge on any atom is 0.254 e. The average Bonchev–Trinajstić information content (AvgIpc) is 3.65. The monoisotopic (exact) mass is 488 g/mol. The summed E-state index contributed by atoms with van der Waals surface area (Å²) < 4.78 is 20.4. The zero-order chi connectivity index (χ0) is 25.4. The number of benzene rings is 2. The van der Waals surface area contributed by atoms with E-state index in [1.807, 2.05) is 13.0 Å². The number of nitriles is 1. The molecule has 0 spiro atoms. The number of aromatic nitrogens is 2. The molecule has 10 heteroatoms. The molecule has 1 aliphatic carbocycles. The Labute approximate surface area is 207 Å². The van der Waals surface area contributed by atoms with Gasteiger partial charge in [0, 0.05) is 36.8 Å². The Morgan fingerprint density at radius 3 is 2.86 bits per heavy atom. The number of ether oxygens (including phenoxy) is 1. The summed E-state index contributed by atoms with van der Waals surface area (Å²) in [6.07, 6.45) is 3.34. The summed E-state index contributed by atoms with van der Waals surface area (Å²) >= 11 is 0. The first-order chi connectivity index (χ1) is 17.3. The molecular weight excluding hydrogens is 463 g/mol. The van der Waals surface area contributed by atoms with Crippen LogP contribution in [0, 0.1) is 17.1 Å². The van der Waals surface area contributed by atoms with Crippen LogP contribution in [0.5, 0.6) is 5.75 Å². The number of aliphatic hydroxyl groups is 1. The fraction of sp³-hybridized carbons (Fsp3) is 0.308. The van der Waals surface area contributed by atoms with E-state index in [2.05, 4.69) is 32.0 Å². The number of nitrogens with one attached hydrogen (secondary N) is 3. The van der Waals surface area contributed by atoms with Crippen molar-refractivity contribution in [2.24, 2.45) is 0 Å². The molecule has 0 unspecified atom stereocenters. The molecule has 36 heavy (non-hydrogen) atoms. The van der Waals surface area contributed by atoms with E-state index in [1.54, 1.807) is 18.3 Å². The third-order valence-electron chi connectivity index (χ3n) is 6.47. The van der Waals surface area contributed by atoms with Crippen LogP contribution in [0.1, 0.15) is 41.3 Å². The lowest BCUT2D eigenvalue weighted by atomic mass is 9.83. The van der Waals surface area contributed by atoms with Crippen molar-refractivity contribution in [1.82, 2.24) is 15.3 Å². The van der Waals surface area contributed by atoms with E-state index in [0.29, 0.717) is 29.1 Å². The van der Waals surface area contributed by atoms with Crippen LogP contribution < -0.4 is 20.7 Å². The summed E-state index contributed by atoms with van der Waals surface area (Å²) in [5.41, 5.74) is 2.98. The molecule has 0 bridgehead atoms. The summed E-state index contributed by atoms with van der Waals surface area (Å²) in [5.74, 6) is -0.769. The number of carbonyl (C=O) groups excluding carboxylic acids is 1. The van der Waals surface area contributed by atoms with E-state index in [0.717, 1.165) is 24.1 Å². The SMILES string of the molecule is CNC(=O)c1cc(Nc2nccc(-c3cc(C#N)c4c(c3)[C@@](C)(CO)CN4)n2)c(OC2CC2)cc1F. The summed E-state index contributed by atoms with van der Waals surface area (Å²) in [6.45, 7) is 2.39. The maximum absolute atomic E-state index is 14.6. The molecule has 1 aliphatic heterocycles. The third-order valence-corrected chi connectivity index (χ3v) is 6.47. The van der Waals surface area contributed by atoms with Gasteiger partial charge in [0.15, 0.2) is 0 Å². The highest BCUT2D eigenvalue weighted by Crippen LogP contribution is 2.41. The molecule has 2 heterocycles. The number of amides is 1. The Bertz CT molecular complexity index is 1400. The summed E-state index contributed by atoms with van der Waals surface area (Å²) in [4.78, 5) is 21.0. The van der Waals surface area contributed by atoms with Crippen molar-refractivity contribution >= 4 is 23.2 Å². The van der Waals surface area contributed by atoms with Crippen LogP contribution in [0.2, 0.25) is 0 Å². The van der Waals surface area contributed by atoms with Crippen molar-refractivity contribution in [3.63, 3.8) is 0 Å². The van der Waals surface area contributed by atoms with Gasteiger partial charge in [0.2, 0.25) is 5.95 Å². The number of fused-ring (bicyclic) bond motifs is 1. The Morgan fingerprint density at radius 1 is 1.36 bits per heavy atom. The van der Waals surface area contributed by atoms with Gasteiger partial charge in [-0.2, -0.15) is 5.26 Å². The number of rotatable bonds is 7. The summed E-state index contributed by atoms with van der Waals surface area (Å²) in [5, 5.41) is 28.4. The summed E-state index contributed by atoms with van der Waals surface area (Å²) in [7, 11) is 1.43. The molecule has 9 nitrogen and oxygen atoms in total. The largest absolute Gasteiger partial charge is 0.488 e. The van der Waals surface area contributed by atoms with Crippen molar-refractivity contribution in [3.05, 3.63) is 59.0 Å². The molecule has 1 saturated carbocycles. The zero-order valence-corrected chi connectivity index (χ0v) is 19.9. The number of hydrogen-bond acceptors (Lipinski definition) is 8. The molecule has 0 radical (unpaired) electrons. The van der Waals surface area contributed by atoms with E-state index < -0.39 is 17.1 Å². The van der Waals surface area contributed by atoms with Gasteiger partial charge in [0.25, 0.3) is 5.91 Å². The van der Waals surface area contributed by atoms with Crippen molar-refractivity contribution < 1.29 is 19.0 Å². The summed E-state index contributed by atoms with van der Waals surface area (Å²) in [6, 6.07) is 10.2. The van der Waals surface area contributed by atoms with Gasteiger partial charge in [0.05, 0.1) is 40.9 Å². The molecule has 2 aliphatic rings. The first-order valence-electron chi connectivity index (χ1n) is 11.6. The van der Waals surface area contributed by atoms with E-state index in [-0.39, 0.29) is 30.0 Å². The Balaban J connectivity index is 1.53. The quantitative estimate of drug-likeness (QED) is 0.398. The minimum atomic E-state index is -0.687. The first-order valence-corrected chi connectivity index (χ1v) is 11.6. The van der Waals surface area contributed by atoms with Crippen molar-refractivity contribution in [3.8, 4) is 23.1 Å². The molecule has 1 aromatic heterocycles. The van der Waals surface area contributed by atoms with Gasteiger partial charge >= 0.3 is 0 Å². The number of halogens is 1. The van der Waals surface area contributed by atoms with Crippen LogP contribution in [0.15, 0.2) is 36.5 Å². The van der Waals surface area contributed by atoms with Crippen molar-refractivity contribution in [2.75, 3.05) is 30.8 Å². The van der Waals surface area contributed by atoms with Gasteiger partial charge in [-0.25, -0.2) is 14.4 Å². The topological polar surface area (TPSA) is 132 Å². The van der Waals surface area contributed by atoms with Gasteiger partial charge in [-0.15, -0.1) is 0 Å². The maximum atomic E-state index is 14.6. The Morgan fingerprint density at radius 2 is 2.17 bits per heavy atom. The second-order valence-electron chi connectivity index (χ2n) is 9.25. The van der Waals surface area contributed by atoms with Crippen molar-refractivity contribution in [2.45, 2.75) is 31.3 Å². The lowest BCUT2D eigenvalue weighted by molar-refractivity contribution is 0.0959. The van der Waals surface area contributed by atoms with Gasteiger partial charge < -0.3 is 25.8 Å². The van der Waals surface area contributed by atoms with Crippen LogP contribution >= 0.6 is 0 Å². The number of aliphatic hydroxyl groups excluding tert-OH is 1. The fourth-order valence-corrected chi connectivity index (χ4v) is 4.19. The smallest absolute Gasteiger partial charge is 0.254 e. The molecule has 5 rings (SSSR count). The molecule has 0 saturated heterocycles. The average molecular weight is 489 g/mol. The standard InChI is InChI=1S/C26H25FN6O3/c1-26(13-34)12-31-23-15(11-28)7-14(8-18(23)26)20-5-6-30-25(32-20)33-21-9-17(24(35)29-2)19(27)10-22(21)36-16-3-4-16/h5-10,16,31,34H,3-4,12-13H2,1-2H3,(H,29,35)(H,30,32,33)/t26-/m1/s1. The van der Waals surface area contributed by atoms with E-state index in [1.165, 1.54) is 19.2 Å². The molecule has 2 aromatic carbocycles. The first kappa shape index (κ1) is 23.5. The van der Waals surface area contributed by atoms with Gasteiger partial charge in [-0.05, 0) is 42.7 Å². The predicted octanol–water partition coefficient (Wildman–Crippen LogP) is 3.47. The van der Waals surface area contributed by atoms with Crippen LogP contribution in [0.3, 0.4) is 0 Å². The molecule has 184 valence electrons. The lowest BCUT2D eigenvalue weighted by Crippen LogP contribution is -2.28. The minimum absolute atomic E-state index is 0.00770. The molecule has 3 aromatic rings. The second kappa shape index (κ2) is 9.09. The predicted molar refractivity (Wildman–Crippen MR) is 132 cm³/mol. The van der Waals surface area contributed by atoms with E-state index in [9.17, 15) is 19.6 Å². The van der Waals surface area contributed by atoms with E-state index >= 15 is 0 Å². The van der Waals surface area contributed by atoms with Crippen LogP contribution in [-0.4, -0.2) is 47.3 Å². The van der Waals surface area contributed by atoms with Crippen molar-refractivity contribution in [1.29, 1.82) is 5.26 Å². The lowest BCUT2D eigenvalue weighted by Gasteiger charge is -2.21. The Hall–Kier alpha value is -4.23. The number of hydrogen-bond donors (Lipinski definition) is 4.